The second kappa shape index (κ2) is 6.20. The van der Waals surface area contributed by atoms with Crippen LogP contribution in [0.5, 0.6) is 0 Å². The molecule has 2 unspecified atom stereocenters. The molecule has 2 N–H and O–H groups in total. The number of nitrogens with two attached hydrogens (primary N) is 1. The number of halogens is 1. The minimum Gasteiger partial charge on any atom is -0.323 e. The van der Waals surface area contributed by atoms with E-state index >= 15 is 0 Å². The number of nitrogens with zero attached hydrogens (tertiary/aromatic N) is 2. The lowest BCUT2D eigenvalue weighted by molar-refractivity contribution is 0.213. The second-order valence-corrected chi connectivity index (χ2v) is 6.11. The molecule has 20 heavy (non-hydrogen) atoms. The molecule has 2 heterocycles. The molecule has 3 rings (SSSR count). The smallest absolute Gasteiger partial charge is 0.123 e. The van der Waals surface area contributed by atoms with E-state index in [4.69, 9.17) is 5.73 Å². The minimum absolute atomic E-state index is 0.0985. The molecule has 0 bridgehead atoms. The van der Waals surface area contributed by atoms with Crippen LogP contribution in [0.2, 0.25) is 0 Å². The quantitative estimate of drug-likeness (QED) is 0.917. The largest absolute Gasteiger partial charge is 0.323 e. The summed E-state index contributed by atoms with van der Waals surface area (Å²) in [6, 6.07) is 7.30. The summed E-state index contributed by atoms with van der Waals surface area (Å²) >= 11 is 0. The number of hydrogen-bond donors (Lipinski definition) is 1. The number of hydrogen-bond acceptors (Lipinski definition) is 3. The van der Waals surface area contributed by atoms with Gasteiger partial charge < -0.3 is 5.73 Å². The van der Waals surface area contributed by atoms with Gasteiger partial charge in [0.1, 0.15) is 5.82 Å². The molecule has 1 aromatic carbocycles. The fourth-order valence-corrected chi connectivity index (χ4v) is 3.57. The zero-order valence-corrected chi connectivity index (χ0v) is 12.0. The Kier molecular flexibility index (Phi) is 4.34. The van der Waals surface area contributed by atoms with Crippen molar-refractivity contribution in [2.24, 2.45) is 5.73 Å². The molecule has 110 valence electrons. The monoisotopic (exact) mass is 277 g/mol. The summed E-state index contributed by atoms with van der Waals surface area (Å²) in [5, 5.41) is 0. The predicted molar refractivity (Wildman–Crippen MR) is 79.0 cm³/mol. The van der Waals surface area contributed by atoms with Crippen LogP contribution >= 0.6 is 0 Å². The predicted octanol–water partition coefficient (Wildman–Crippen LogP) is 2.00. The molecule has 0 amide bonds. The lowest BCUT2D eigenvalue weighted by atomic mass is 10.1. The van der Waals surface area contributed by atoms with E-state index in [0.717, 1.165) is 25.2 Å². The Balaban J connectivity index is 1.61. The molecular weight excluding hydrogens is 253 g/mol. The van der Waals surface area contributed by atoms with Crippen LogP contribution in [0.1, 0.15) is 30.9 Å². The molecule has 2 atom stereocenters. The van der Waals surface area contributed by atoms with E-state index in [-0.39, 0.29) is 11.9 Å². The molecule has 0 aliphatic carbocycles. The van der Waals surface area contributed by atoms with Gasteiger partial charge in [0, 0.05) is 25.2 Å². The topological polar surface area (TPSA) is 32.5 Å². The Morgan fingerprint density at radius 1 is 1.25 bits per heavy atom. The Morgan fingerprint density at radius 2 is 2.10 bits per heavy atom. The zero-order valence-electron chi connectivity index (χ0n) is 12.0. The third-order valence-corrected chi connectivity index (χ3v) is 4.62. The Morgan fingerprint density at radius 3 is 2.95 bits per heavy atom. The molecule has 3 nitrogen and oxygen atoms in total. The van der Waals surface area contributed by atoms with Crippen LogP contribution in [0.4, 0.5) is 4.39 Å². The summed E-state index contributed by atoms with van der Waals surface area (Å²) < 4.78 is 13.3. The third-order valence-electron chi connectivity index (χ3n) is 4.62. The Hall–Kier alpha value is -0.970. The van der Waals surface area contributed by atoms with E-state index in [9.17, 15) is 4.39 Å². The van der Waals surface area contributed by atoms with Gasteiger partial charge in [-0.15, -0.1) is 0 Å². The van der Waals surface area contributed by atoms with Crippen molar-refractivity contribution in [1.82, 2.24) is 9.80 Å². The third kappa shape index (κ3) is 3.19. The van der Waals surface area contributed by atoms with E-state index in [1.807, 2.05) is 6.07 Å². The van der Waals surface area contributed by atoms with Gasteiger partial charge in [0.25, 0.3) is 0 Å². The van der Waals surface area contributed by atoms with Crippen molar-refractivity contribution in [3.63, 3.8) is 0 Å². The summed E-state index contributed by atoms with van der Waals surface area (Å²) in [6.45, 7) is 5.53. The van der Waals surface area contributed by atoms with Crippen molar-refractivity contribution >= 4 is 0 Å². The molecule has 2 aliphatic rings. The molecule has 2 saturated heterocycles. The van der Waals surface area contributed by atoms with Gasteiger partial charge in [-0.1, -0.05) is 12.1 Å². The van der Waals surface area contributed by atoms with Gasteiger partial charge in [0.15, 0.2) is 0 Å². The van der Waals surface area contributed by atoms with Crippen molar-refractivity contribution in [3.05, 3.63) is 35.6 Å². The van der Waals surface area contributed by atoms with Crippen LogP contribution in [0.25, 0.3) is 0 Å². The lowest BCUT2D eigenvalue weighted by Gasteiger charge is -2.27. The van der Waals surface area contributed by atoms with Crippen LogP contribution in [0.3, 0.4) is 0 Å². The maximum atomic E-state index is 13.3. The molecule has 0 aromatic heterocycles. The number of rotatable bonds is 3. The van der Waals surface area contributed by atoms with E-state index in [1.165, 1.54) is 38.4 Å². The lowest BCUT2D eigenvalue weighted by Crippen LogP contribution is -2.39. The highest BCUT2D eigenvalue weighted by Gasteiger charge is 2.29. The maximum absolute atomic E-state index is 13.3. The minimum atomic E-state index is -0.198. The van der Waals surface area contributed by atoms with E-state index in [2.05, 4.69) is 9.80 Å². The molecule has 2 fully saturated rings. The highest BCUT2D eigenvalue weighted by atomic mass is 19.1. The molecule has 0 spiro atoms. The van der Waals surface area contributed by atoms with Crippen LogP contribution in [-0.2, 0) is 0 Å². The van der Waals surface area contributed by atoms with Crippen molar-refractivity contribution < 1.29 is 4.39 Å². The van der Waals surface area contributed by atoms with Gasteiger partial charge >= 0.3 is 0 Å². The van der Waals surface area contributed by atoms with Crippen LogP contribution in [0, 0.1) is 5.82 Å². The van der Waals surface area contributed by atoms with Crippen LogP contribution < -0.4 is 5.73 Å². The zero-order chi connectivity index (χ0) is 13.9. The summed E-state index contributed by atoms with van der Waals surface area (Å²) in [4.78, 5) is 5.08. The first-order chi connectivity index (χ1) is 9.72. The molecular formula is C16H24FN3. The average molecular weight is 277 g/mol. The molecule has 2 aliphatic heterocycles. The van der Waals surface area contributed by atoms with E-state index in [0.29, 0.717) is 6.04 Å². The maximum Gasteiger partial charge on any atom is 0.123 e. The summed E-state index contributed by atoms with van der Waals surface area (Å²) in [5.41, 5.74) is 7.16. The average Bonchev–Trinajstić information content (AvgIpc) is 2.78. The fraction of sp³-hybridized carbons (Fsp3) is 0.625. The van der Waals surface area contributed by atoms with Crippen molar-refractivity contribution in [3.8, 4) is 0 Å². The Labute approximate surface area is 120 Å². The summed E-state index contributed by atoms with van der Waals surface area (Å²) in [6.07, 6.45) is 3.85. The summed E-state index contributed by atoms with van der Waals surface area (Å²) in [5.74, 6) is -0.198. The van der Waals surface area contributed by atoms with Crippen LogP contribution in [-0.4, -0.2) is 48.6 Å². The highest BCUT2D eigenvalue weighted by molar-refractivity contribution is 5.20. The van der Waals surface area contributed by atoms with Gasteiger partial charge in [0.05, 0.1) is 0 Å². The van der Waals surface area contributed by atoms with Crippen molar-refractivity contribution in [2.45, 2.75) is 31.3 Å². The molecule has 4 heteroatoms. The van der Waals surface area contributed by atoms with Crippen molar-refractivity contribution in [2.75, 3.05) is 32.7 Å². The first kappa shape index (κ1) is 14.0. The molecule has 0 saturated carbocycles. The SMILES string of the molecule is NC(CN1CCCN2CCCC2C1)c1cccc(F)c1. The van der Waals surface area contributed by atoms with Crippen LogP contribution in [0.15, 0.2) is 24.3 Å². The molecule has 0 radical (unpaired) electrons. The number of fused-ring (bicyclic) bond motifs is 1. The first-order valence-electron chi connectivity index (χ1n) is 7.70. The highest BCUT2D eigenvalue weighted by Crippen LogP contribution is 2.22. The summed E-state index contributed by atoms with van der Waals surface area (Å²) in [7, 11) is 0. The van der Waals surface area contributed by atoms with Gasteiger partial charge in [-0.05, 0) is 56.6 Å². The second-order valence-electron chi connectivity index (χ2n) is 6.11. The van der Waals surface area contributed by atoms with Crippen molar-refractivity contribution in [1.29, 1.82) is 0 Å². The standard InChI is InChI=1S/C16H24FN3/c17-14-5-1-4-13(10-14)16(18)12-19-7-3-9-20-8-2-6-15(20)11-19/h1,4-5,10,15-16H,2-3,6-9,11-12,18H2. The van der Waals surface area contributed by atoms with Gasteiger partial charge in [0.2, 0.25) is 0 Å². The number of benzene rings is 1. The molecule has 1 aromatic rings. The van der Waals surface area contributed by atoms with E-state index < -0.39 is 0 Å². The normalized spacial score (nSPS) is 26.2. The van der Waals surface area contributed by atoms with Gasteiger partial charge in [-0.25, -0.2) is 4.39 Å². The first-order valence-corrected chi connectivity index (χ1v) is 7.70. The fourth-order valence-electron chi connectivity index (χ4n) is 3.57. The van der Waals surface area contributed by atoms with Gasteiger partial charge in [-0.3, -0.25) is 9.80 Å². The van der Waals surface area contributed by atoms with Gasteiger partial charge in [-0.2, -0.15) is 0 Å². The van der Waals surface area contributed by atoms with E-state index in [1.54, 1.807) is 12.1 Å². The Bertz CT molecular complexity index is 451.